The summed E-state index contributed by atoms with van der Waals surface area (Å²) in [5, 5.41) is 7.91. The summed E-state index contributed by atoms with van der Waals surface area (Å²) in [6.07, 6.45) is 3.37. The molecule has 1 aromatic heterocycles. The molecule has 0 atom stereocenters. The molecule has 0 saturated carbocycles. The maximum Gasteiger partial charge on any atom is 0.299 e. The van der Waals surface area contributed by atoms with E-state index >= 15 is 0 Å². The number of hydrogen-bond acceptors (Lipinski definition) is 5. The summed E-state index contributed by atoms with van der Waals surface area (Å²) in [5.74, 6) is 0.0789. The van der Waals surface area contributed by atoms with Crippen LogP contribution >= 0.6 is 11.6 Å². The minimum Gasteiger partial charge on any atom is -0.453 e. The van der Waals surface area contributed by atoms with E-state index in [1.54, 1.807) is 48.5 Å². The van der Waals surface area contributed by atoms with Crippen molar-refractivity contribution in [2.24, 2.45) is 0 Å². The minimum absolute atomic E-state index is 0.0545. The van der Waals surface area contributed by atoms with Crippen LogP contribution in [0.3, 0.4) is 0 Å². The monoisotopic (exact) mass is 518 g/mol. The number of aryl methyl sites for hydroxylation is 1. The molecule has 9 heteroatoms. The Morgan fingerprint density at radius 2 is 1.84 bits per heavy atom. The van der Waals surface area contributed by atoms with Crippen LogP contribution in [0, 0.1) is 12.7 Å². The highest BCUT2D eigenvalue weighted by Gasteiger charge is 2.21. The number of hydrogen-bond donors (Lipinski definition) is 1. The predicted octanol–water partition coefficient (Wildman–Crippen LogP) is 6.11. The number of nitrogens with one attached hydrogen (secondary N) is 1. The van der Waals surface area contributed by atoms with E-state index < -0.39 is 11.4 Å². The minimum atomic E-state index is -0.551. The summed E-state index contributed by atoms with van der Waals surface area (Å²) < 4.78 is 21.0. The number of carbonyl (C=O) groups is 1. The Morgan fingerprint density at radius 3 is 2.59 bits per heavy atom. The number of rotatable bonds is 6. The quantitative estimate of drug-likeness (QED) is 0.333. The second-order valence-corrected chi connectivity index (χ2v) is 9.21. The number of likely N-dealkylation sites (tertiary alicyclic amines) is 1. The van der Waals surface area contributed by atoms with Gasteiger partial charge in [-0.25, -0.2) is 4.39 Å². The van der Waals surface area contributed by atoms with Gasteiger partial charge in [0.1, 0.15) is 11.6 Å². The number of anilines is 2. The third-order valence-corrected chi connectivity index (χ3v) is 6.55. The van der Waals surface area contributed by atoms with Crippen LogP contribution in [0.1, 0.15) is 28.8 Å². The van der Waals surface area contributed by atoms with Gasteiger partial charge in [0.15, 0.2) is 11.4 Å². The molecule has 0 spiro atoms. The van der Waals surface area contributed by atoms with Crippen LogP contribution in [-0.2, 0) is 0 Å². The van der Waals surface area contributed by atoms with Crippen molar-refractivity contribution in [3.05, 3.63) is 105 Å². The van der Waals surface area contributed by atoms with Gasteiger partial charge >= 0.3 is 0 Å². The molecule has 0 aliphatic carbocycles. The molecule has 1 amide bonds. The van der Waals surface area contributed by atoms with Crippen molar-refractivity contribution >= 4 is 28.9 Å². The number of benzene rings is 3. The van der Waals surface area contributed by atoms with Crippen molar-refractivity contribution in [3.8, 4) is 17.2 Å². The lowest BCUT2D eigenvalue weighted by atomic mass is 10.1. The van der Waals surface area contributed by atoms with Gasteiger partial charge in [-0.15, -0.1) is 0 Å². The number of nitrogens with zero attached hydrogens (tertiary/aromatic N) is 3. The van der Waals surface area contributed by atoms with Gasteiger partial charge < -0.3 is 15.0 Å². The first-order chi connectivity index (χ1) is 17.9. The lowest BCUT2D eigenvalue weighted by molar-refractivity contribution is 0.0793. The Kier molecular flexibility index (Phi) is 6.92. The Bertz CT molecular complexity index is 1530. The van der Waals surface area contributed by atoms with E-state index in [0.717, 1.165) is 36.2 Å². The maximum absolute atomic E-state index is 13.9. The number of halogens is 2. The van der Waals surface area contributed by atoms with E-state index in [-0.39, 0.29) is 23.0 Å². The second-order valence-electron chi connectivity index (χ2n) is 8.80. The summed E-state index contributed by atoms with van der Waals surface area (Å²) in [6, 6.07) is 17.7. The van der Waals surface area contributed by atoms with Gasteiger partial charge in [-0.05, 0) is 79.9 Å². The molecular weight excluding hydrogens is 495 g/mol. The molecule has 1 N–H and O–H groups in total. The molecule has 7 nitrogen and oxygen atoms in total. The van der Waals surface area contributed by atoms with Crippen molar-refractivity contribution in [2.45, 2.75) is 19.8 Å². The molecule has 2 heterocycles. The third kappa shape index (κ3) is 5.34. The van der Waals surface area contributed by atoms with Gasteiger partial charge in [0.2, 0.25) is 0 Å². The van der Waals surface area contributed by atoms with Crippen molar-refractivity contribution < 1.29 is 13.9 Å². The molecule has 5 rings (SSSR count). The topological polar surface area (TPSA) is 76.5 Å². The molecule has 1 aliphatic rings. The Labute approximate surface area is 218 Å². The maximum atomic E-state index is 13.9. The summed E-state index contributed by atoms with van der Waals surface area (Å²) in [6.45, 7) is 3.31. The van der Waals surface area contributed by atoms with Gasteiger partial charge in [0.05, 0.1) is 11.9 Å². The fraction of sp³-hybridized carbons (Fsp3) is 0.179. The van der Waals surface area contributed by atoms with Crippen LogP contribution in [0.2, 0.25) is 5.02 Å². The standard InChI is InChI=1S/C28H24ClFN4O3/c1-18-14-23(10-11-24(18)29)37-25-17-31-34(22-9-5-7-20(30)16-22)28(36)26(25)32-21-8-4-6-19(15-21)27(35)33-12-2-3-13-33/h4-11,14-17,32H,2-3,12-13H2,1H3. The van der Waals surface area contributed by atoms with Crippen LogP contribution in [0.15, 0.2) is 77.7 Å². The largest absolute Gasteiger partial charge is 0.453 e. The summed E-state index contributed by atoms with van der Waals surface area (Å²) in [4.78, 5) is 28.3. The SMILES string of the molecule is Cc1cc(Oc2cnn(-c3cccc(F)c3)c(=O)c2Nc2cccc(C(=O)N3CCCC3)c2)ccc1Cl. The van der Waals surface area contributed by atoms with E-state index in [2.05, 4.69) is 10.4 Å². The lowest BCUT2D eigenvalue weighted by Gasteiger charge is -2.17. The van der Waals surface area contributed by atoms with Crippen LogP contribution in [-0.4, -0.2) is 33.7 Å². The van der Waals surface area contributed by atoms with Crippen molar-refractivity contribution in [1.82, 2.24) is 14.7 Å². The Morgan fingerprint density at radius 1 is 1.05 bits per heavy atom. The molecule has 3 aromatic carbocycles. The highest BCUT2D eigenvalue weighted by atomic mass is 35.5. The number of ether oxygens (including phenoxy) is 1. The number of aromatic nitrogens is 2. The zero-order chi connectivity index (χ0) is 25.9. The van der Waals surface area contributed by atoms with E-state index in [1.807, 2.05) is 11.8 Å². The predicted molar refractivity (Wildman–Crippen MR) is 141 cm³/mol. The molecular formula is C28H24ClFN4O3. The molecule has 37 heavy (non-hydrogen) atoms. The Hall–Kier alpha value is -4.17. The fourth-order valence-corrected chi connectivity index (χ4v) is 4.32. The summed E-state index contributed by atoms with van der Waals surface area (Å²) in [5.41, 5.74) is 1.64. The normalized spacial score (nSPS) is 13.0. The molecule has 1 saturated heterocycles. The van der Waals surface area contributed by atoms with E-state index in [9.17, 15) is 14.0 Å². The first kappa shape index (κ1) is 24.5. The third-order valence-electron chi connectivity index (χ3n) is 6.13. The highest BCUT2D eigenvalue weighted by Crippen LogP contribution is 2.31. The smallest absolute Gasteiger partial charge is 0.299 e. The summed E-state index contributed by atoms with van der Waals surface area (Å²) >= 11 is 6.14. The number of amides is 1. The lowest BCUT2D eigenvalue weighted by Crippen LogP contribution is -2.27. The zero-order valence-electron chi connectivity index (χ0n) is 20.1. The fourth-order valence-electron chi connectivity index (χ4n) is 4.21. The van der Waals surface area contributed by atoms with Crippen LogP contribution < -0.4 is 15.6 Å². The first-order valence-corrected chi connectivity index (χ1v) is 12.3. The van der Waals surface area contributed by atoms with E-state index in [0.29, 0.717) is 22.0 Å². The molecule has 0 bridgehead atoms. The van der Waals surface area contributed by atoms with Crippen LogP contribution in [0.4, 0.5) is 15.8 Å². The average molecular weight is 519 g/mol. The first-order valence-electron chi connectivity index (χ1n) is 11.9. The van der Waals surface area contributed by atoms with Crippen molar-refractivity contribution in [3.63, 3.8) is 0 Å². The highest BCUT2D eigenvalue weighted by molar-refractivity contribution is 6.31. The van der Waals surface area contributed by atoms with Gasteiger partial charge in [0, 0.05) is 29.4 Å². The van der Waals surface area contributed by atoms with Gasteiger partial charge in [0.25, 0.3) is 11.5 Å². The molecule has 188 valence electrons. The summed E-state index contributed by atoms with van der Waals surface area (Å²) in [7, 11) is 0. The van der Waals surface area contributed by atoms with Gasteiger partial charge in [-0.2, -0.15) is 9.78 Å². The zero-order valence-corrected chi connectivity index (χ0v) is 20.8. The Balaban J connectivity index is 1.55. The molecule has 1 fully saturated rings. The van der Waals surface area contributed by atoms with E-state index in [4.69, 9.17) is 16.3 Å². The molecule has 0 radical (unpaired) electrons. The van der Waals surface area contributed by atoms with Crippen molar-refractivity contribution in [1.29, 1.82) is 0 Å². The van der Waals surface area contributed by atoms with E-state index in [1.165, 1.54) is 24.4 Å². The number of carbonyl (C=O) groups excluding carboxylic acids is 1. The van der Waals surface area contributed by atoms with Crippen LogP contribution in [0.5, 0.6) is 11.5 Å². The van der Waals surface area contributed by atoms with Gasteiger partial charge in [-0.3, -0.25) is 9.59 Å². The average Bonchev–Trinajstić information content (AvgIpc) is 3.43. The van der Waals surface area contributed by atoms with Gasteiger partial charge in [-0.1, -0.05) is 23.7 Å². The van der Waals surface area contributed by atoms with Crippen molar-refractivity contribution in [2.75, 3.05) is 18.4 Å². The molecule has 0 unspecified atom stereocenters. The molecule has 4 aromatic rings. The van der Waals surface area contributed by atoms with Crippen LogP contribution in [0.25, 0.3) is 5.69 Å². The second kappa shape index (κ2) is 10.4. The molecule has 1 aliphatic heterocycles.